The standard InChI is InChI=1S/C11H10ClFN2O2/c1-11(5-14-9(16)10(17)15-11)7-4-6(12)2-3-8(7)13/h2-4H,5H2,1H3,(H,14,16)(H,15,17). The summed E-state index contributed by atoms with van der Waals surface area (Å²) in [7, 11) is 0. The zero-order chi connectivity index (χ0) is 12.6. The van der Waals surface area contributed by atoms with Crippen molar-refractivity contribution in [1.82, 2.24) is 10.6 Å². The van der Waals surface area contributed by atoms with Crippen LogP contribution < -0.4 is 10.6 Å². The van der Waals surface area contributed by atoms with Crippen molar-refractivity contribution in [1.29, 1.82) is 0 Å². The number of halogens is 2. The molecule has 1 saturated heterocycles. The van der Waals surface area contributed by atoms with Crippen molar-refractivity contribution in [3.8, 4) is 0 Å². The van der Waals surface area contributed by atoms with E-state index in [2.05, 4.69) is 10.6 Å². The van der Waals surface area contributed by atoms with Gasteiger partial charge in [0.05, 0.1) is 5.54 Å². The highest BCUT2D eigenvalue weighted by atomic mass is 35.5. The quantitative estimate of drug-likeness (QED) is 0.735. The summed E-state index contributed by atoms with van der Waals surface area (Å²) in [6.07, 6.45) is 0. The SMILES string of the molecule is CC1(c2cc(Cl)ccc2F)CNC(=O)C(=O)N1. The molecule has 0 spiro atoms. The van der Waals surface area contributed by atoms with Crippen LogP contribution in [0.4, 0.5) is 4.39 Å². The minimum atomic E-state index is -0.986. The van der Waals surface area contributed by atoms with Crippen LogP contribution in [0.5, 0.6) is 0 Å². The van der Waals surface area contributed by atoms with Crippen LogP contribution in [0.3, 0.4) is 0 Å². The van der Waals surface area contributed by atoms with Gasteiger partial charge in [-0.2, -0.15) is 0 Å². The van der Waals surface area contributed by atoms with E-state index in [-0.39, 0.29) is 12.1 Å². The number of hydrogen-bond acceptors (Lipinski definition) is 2. The second-order valence-corrected chi connectivity index (χ2v) is 4.53. The molecule has 17 heavy (non-hydrogen) atoms. The predicted molar refractivity (Wildman–Crippen MR) is 59.9 cm³/mol. The first-order valence-corrected chi connectivity index (χ1v) is 5.36. The van der Waals surface area contributed by atoms with E-state index in [0.717, 1.165) is 0 Å². The van der Waals surface area contributed by atoms with E-state index in [4.69, 9.17) is 11.6 Å². The molecule has 0 saturated carbocycles. The van der Waals surface area contributed by atoms with Gasteiger partial charge in [-0.05, 0) is 25.1 Å². The van der Waals surface area contributed by atoms with E-state index < -0.39 is 23.2 Å². The molecule has 90 valence electrons. The summed E-state index contributed by atoms with van der Waals surface area (Å²) in [6.45, 7) is 1.74. The lowest BCUT2D eigenvalue weighted by molar-refractivity contribution is -0.142. The van der Waals surface area contributed by atoms with Gasteiger partial charge in [0.2, 0.25) is 0 Å². The Labute approximate surface area is 102 Å². The summed E-state index contributed by atoms with van der Waals surface area (Å²) in [5.41, 5.74) is -0.738. The fourth-order valence-corrected chi connectivity index (χ4v) is 1.94. The Morgan fingerprint density at radius 1 is 1.35 bits per heavy atom. The van der Waals surface area contributed by atoms with Gasteiger partial charge in [-0.15, -0.1) is 0 Å². The van der Waals surface area contributed by atoms with Crippen molar-refractivity contribution >= 4 is 23.4 Å². The van der Waals surface area contributed by atoms with E-state index in [1.807, 2.05) is 0 Å². The van der Waals surface area contributed by atoms with Gasteiger partial charge in [0.1, 0.15) is 5.82 Å². The maximum Gasteiger partial charge on any atom is 0.310 e. The third-order valence-corrected chi connectivity index (χ3v) is 2.96. The molecule has 1 aliphatic heterocycles. The number of rotatable bonds is 1. The Morgan fingerprint density at radius 3 is 2.71 bits per heavy atom. The van der Waals surface area contributed by atoms with Crippen LogP contribution in [0.2, 0.25) is 5.02 Å². The lowest BCUT2D eigenvalue weighted by Crippen LogP contribution is -2.61. The van der Waals surface area contributed by atoms with Crippen LogP contribution >= 0.6 is 11.6 Å². The molecule has 4 nitrogen and oxygen atoms in total. The summed E-state index contributed by atoms with van der Waals surface area (Å²) in [5.74, 6) is -1.98. The number of carbonyl (C=O) groups excluding carboxylic acids is 2. The molecule has 2 rings (SSSR count). The highest BCUT2D eigenvalue weighted by Gasteiger charge is 2.37. The Hall–Kier alpha value is -1.62. The molecule has 6 heteroatoms. The van der Waals surface area contributed by atoms with E-state index in [9.17, 15) is 14.0 Å². The first kappa shape index (κ1) is 11.9. The third-order valence-electron chi connectivity index (χ3n) is 2.72. The van der Waals surface area contributed by atoms with Crippen LogP contribution in [-0.4, -0.2) is 18.4 Å². The van der Waals surface area contributed by atoms with Gasteiger partial charge >= 0.3 is 11.8 Å². The van der Waals surface area contributed by atoms with Crippen LogP contribution in [0, 0.1) is 5.82 Å². The fraction of sp³-hybridized carbons (Fsp3) is 0.273. The van der Waals surface area contributed by atoms with Crippen LogP contribution in [0.15, 0.2) is 18.2 Å². The molecule has 1 aromatic rings. The average molecular weight is 257 g/mol. The topological polar surface area (TPSA) is 58.2 Å². The van der Waals surface area contributed by atoms with Crippen LogP contribution in [-0.2, 0) is 15.1 Å². The van der Waals surface area contributed by atoms with E-state index in [1.54, 1.807) is 6.92 Å². The monoisotopic (exact) mass is 256 g/mol. The van der Waals surface area contributed by atoms with Crippen molar-refractivity contribution < 1.29 is 14.0 Å². The van der Waals surface area contributed by atoms with E-state index >= 15 is 0 Å². The van der Waals surface area contributed by atoms with Gasteiger partial charge in [-0.25, -0.2) is 4.39 Å². The lowest BCUT2D eigenvalue weighted by atomic mass is 9.90. The van der Waals surface area contributed by atoms with Gasteiger partial charge in [-0.3, -0.25) is 9.59 Å². The molecule has 1 aromatic carbocycles. The van der Waals surface area contributed by atoms with Gasteiger partial charge in [0, 0.05) is 17.1 Å². The van der Waals surface area contributed by atoms with Crippen molar-refractivity contribution in [3.05, 3.63) is 34.6 Å². The highest BCUT2D eigenvalue weighted by molar-refractivity contribution is 6.36. The molecule has 0 bridgehead atoms. The van der Waals surface area contributed by atoms with E-state index in [1.165, 1.54) is 18.2 Å². The molecule has 0 aromatic heterocycles. The second-order valence-electron chi connectivity index (χ2n) is 4.09. The summed E-state index contributed by atoms with van der Waals surface area (Å²) in [6, 6.07) is 4.09. The number of piperazine rings is 1. The van der Waals surface area contributed by atoms with Gasteiger partial charge in [-0.1, -0.05) is 11.6 Å². The average Bonchev–Trinajstić information content (AvgIpc) is 2.27. The van der Waals surface area contributed by atoms with Gasteiger partial charge < -0.3 is 10.6 Å². The molecule has 1 fully saturated rings. The number of nitrogens with one attached hydrogen (secondary N) is 2. The molecular formula is C11H10ClFN2O2. The van der Waals surface area contributed by atoms with Crippen molar-refractivity contribution in [2.45, 2.75) is 12.5 Å². The Balaban J connectivity index is 2.41. The molecule has 1 aliphatic rings. The lowest BCUT2D eigenvalue weighted by Gasteiger charge is -2.35. The predicted octanol–water partition coefficient (Wildman–Crippen LogP) is 0.940. The first-order chi connectivity index (χ1) is 7.92. The Kier molecular flexibility index (Phi) is 2.79. The minimum absolute atomic E-state index is 0.120. The van der Waals surface area contributed by atoms with Crippen LogP contribution in [0.25, 0.3) is 0 Å². The fourth-order valence-electron chi connectivity index (χ4n) is 1.77. The maximum absolute atomic E-state index is 13.7. The maximum atomic E-state index is 13.7. The zero-order valence-electron chi connectivity index (χ0n) is 9.01. The molecule has 1 heterocycles. The number of benzene rings is 1. The largest absolute Gasteiger partial charge is 0.345 e. The summed E-state index contributed by atoms with van der Waals surface area (Å²) >= 11 is 5.80. The van der Waals surface area contributed by atoms with E-state index in [0.29, 0.717) is 5.02 Å². The Bertz CT molecular complexity index is 506. The highest BCUT2D eigenvalue weighted by Crippen LogP contribution is 2.27. The Morgan fingerprint density at radius 2 is 2.06 bits per heavy atom. The summed E-state index contributed by atoms with van der Waals surface area (Å²) in [5, 5.41) is 5.25. The molecule has 0 radical (unpaired) electrons. The van der Waals surface area contributed by atoms with Crippen molar-refractivity contribution in [2.24, 2.45) is 0 Å². The van der Waals surface area contributed by atoms with Gasteiger partial charge in [0.15, 0.2) is 0 Å². The molecule has 2 amide bonds. The molecular weight excluding hydrogens is 247 g/mol. The third kappa shape index (κ3) is 2.10. The second kappa shape index (κ2) is 4.00. The summed E-state index contributed by atoms with van der Waals surface area (Å²) < 4.78 is 13.7. The number of hydrogen-bond donors (Lipinski definition) is 2. The molecule has 1 unspecified atom stereocenters. The van der Waals surface area contributed by atoms with Gasteiger partial charge in [0.25, 0.3) is 0 Å². The molecule has 2 N–H and O–H groups in total. The summed E-state index contributed by atoms with van der Waals surface area (Å²) in [4.78, 5) is 22.3. The number of amides is 2. The van der Waals surface area contributed by atoms with Crippen molar-refractivity contribution in [3.63, 3.8) is 0 Å². The minimum Gasteiger partial charge on any atom is -0.345 e. The van der Waals surface area contributed by atoms with Crippen LogP contribution in [0.1, 0.15) is 12.5 Å². The first-order valence-electron chi connectivity index (χ1n) is 4.98. The number of carbonyl (C=O) groups is 2. The normalized spacial score (nSPS) is 24.2. The smallest absolute Gasteiger partial charge is 0.310 e. The molecule has 0 aliphatic carbocycles. The molecule has 1 atom stereocenters. The zero-order valence-corrected chi connectivity index (χ0v) is 9.77. The van der Waals surface area contributed by atoms with Crippen molar-refractivity contribution in [2.75, 3.05) is 6.54 Å².